The first-order valence-corrected chi connectivity index (χ1v) is 10.5. The van der Waals surface area contributed by atoms with E-state index >= 15 is 0 Å². The van der Waals surface area contributed by atoms with Crippen molar-refractivity contribution in [3.63, 3.8) is 0 Å². The molecule has 1 aliphatic rings. The van der Waals surface area contributed by atoms with Crippen LogP contribution in [0.5, 0.6) is 0 Å². The van der Waals surface area contributed by atoms with Crippen LogP contribution in [0.3, 0.4) is 0 Å². The normalized spacial score (nSPS) is 14.3. The molecule has 0 radical (unpaired) electrons. The smallest absolute Gasteiger partial charge is 0.275 e. The molecule has 0 bridgehead atoms. The van der Waals surface area contributed by atoms with Crippen molar-refractivity contribution in [3.8, 4) is 0 Å². The first kappa shape index (κ1) is 20.0. The van der Waals surface area contributed by atoms with Crippen molar-refractivity contribution in [1.29, 1.82) is 0 Å². The lowest BCUT2D eigenvalue weighted by molar-refractivity contribution is 0.0739. The molecule has 0 aliphatic carbocycles. The third kappa shape index (κ3) is 4.03. The van der Waals surface area contributed by atoms with Gasteiger partial charge in [-0.3, -0.25) is 9.59 Å². The molecule has 1 aliphatic heterocycles. The number of hydrogen-bond acceptors (Lipinski definition) is 6. The highest BCUT2D eigenvalue weighted by molar-refractivity contribution is 6.04. The summed E-state index contributed by atoms with van der Waals surface area (Å²) < 4.78 is 1.46. The van der Waals surface area contributed by atoms with Gasteiger partial charge in [-0.2, -0.15) is 5.10 Å². The Morgan fingerprint density at radius 2 is 1.67 bits per heavy atom. The molecule has 156 valence electrons. The summed E-state index contributed by atoms with van der Waals surface area (Å²) >= 11 is 0. The first-order chi connectivity index (χ1) is 14.7. The molecule has 0 atom stereocenters. The fourth-order valence-electron chi connectivity index (χ4n) is 3.77. The van der Waals surface area contributed by atoms with Gasteiger partial charge in [0, 0.05) is 50.5 Å². The predicted molar refractivity (Wildman–Crippen MR) is 116 cm³/mol. The first-order valence-electron chi connectivity index (χ1n) is 10.5. The quantitative estimate of drug-likeness (QED) is 0.584. The van der Waals surface area contributed by atoms with Crippen LogP contribution >= 0.6 is 0 Å². The monoisotopic (exact) mass is 406 g/mol. The van der Waals surface area contributed by atoms with Gasteiger partial charge in [0.15, 0.2) is 5.69 Å². The fraction of sp³-hybridized carbons (Fsp3) is 0.409. The van der Waals surface area contributed by atoms with Gasteiger partial charge in [0.25, 0.3) is 11.5 Å². The minimum absolute atomic E-state index is 0.135. The van der Waals surface area contributed by atoms with E-state index < -0.39 is 0 Å². The summed E-state index contributed by atoms with van der Waals surface area (Å²) in [7, 11) is 0. The number of piperazine rings is 1. The zero-order chi connectivity index (χ0) is 20.9. The van der Waals surface area contributed by atoms with Crippen LogP contribution in [0.25, 0.3) is 10.8 Å². The zero-order valence-corrected chi connectivity index (χ0v) is 17.2. The van der Waals surface area contributed by atoms with E-state index in [4.69, 9.17) is 0 Å². The Hall–Kier alpha value is -3.29. The summed E-state index contributed by atoms with van der Waals surface area (Å²) in [5.41, 5.74) is 0.218. The number of nitrogens with zero attached hydrogens (tertiary/aromatic N) is 6. The predicted octanol–water partition coefficient (Wildman–Crippen LogP) is 2.34. The molecule has 1 fully saturated rings. The van der Waals surface area contributed by atoms with E-state index in [9.17, 15) is 9.59 Å². The van der Waals surface area contributed by atoms with Crippen molar-refractivity contribution >= 4 is 22.6 Å². The Balaban J connectivity index is 1.58. The molecule has 3 aromatic rings. The van der Waals surface area contributed by atoms with Gasteiger partial charge < -0.3 is 9.80 Å². The molecular formula is C22H26N6O2. The number of aryl methyl sites for hydroxylation is 1. The van der Waals surface area contributed by atoms with Gasteiger partial charge in [-0.1, -0.05) is 38.0 Å². The molecular weight excluding hydrogens is 380 g/mol. The number of fused-ring (bicyclic) bond motifs is 1. The number of amides is 1. The van der Waals surface area contributed by atoms with Crippen molar-refractivity contribution in [2.75, 3.05) is 31.1 Å². The topological polar surface area (TPSA) is 84.2 Å². The summed E-state index contributed by atoms with van der Waals surface area (Å²) in [6.45, 7) is 5.07. The highest BCUT2D eigenvalue weighted by atomic mass is 16.2. The minimum Gasteiger partial charge on any atom is -0.337 e. The Bertz CT molecular complexity index is 1070. The van der Waals surface area contributed by atoms with Crippen molar-refractivity contribution in [3.05, 3.63) is 58.8 Å². The molecule has 0 unspecified atom stereocenters. The second-order valence-electron chi connectivity index (χ2n) is 7.46. The van der Waals surface area contributed by atoms with Crippen LogP contribution in [0.1, 0.15) is 36.7 Å². The molecule has 30 heavy (non-hydrogen) atoms. The van der Waals surface area contributed by atoms with Gasteiger partial charge >= 0.3 is 0 Å². The Kier molecular flexibility index (Phi) is 6.02. The van der Waals surface area contributed by atoms with E-state index in [1.807, 2.05) is 12.1 Å². The summed E-state index contributed by atoms with van der Waals surface area (Å²) in [6.07, 6.45) is 6.39. The molecule has 3 heterocycles. The second kappa shape index (κ2) is 9.02. The van der Waals surface area contributed by atoms with Gasteiger partial charge in [-0.05, 0) is 18.6 Å². The molecule has 1 amide bonds. The van der Waals surface area contributed by atoms with E-state index in [1.165, 1.54) is 4.68 Å². The summed E-state index contributed by atoms with van der Waals surface area (Å²) in [6, 6.07) is 9.04. The average molecular weight is 406 g/mol. The van der Waals surface area contributed by atoms with Crippen LogP contribution in [-0.4, -0.2) is 56.7 Å². The van der Waals surface area contributed by atoms with E-state index in [0.717, 1.165) is 19.3 Å². The van der Waals surface area contributed by atoms with Crippen molar-refractivity contribution in [2.45, 2.75) is 32.7 Å². The minimum atomic E-state index is -0.135. The molecule has 0 spiro atoms. The number of aromatic nitrogens is 4. The maximum Gasteiger partial charge on any atom is 0.275 e. The number of benzene rings is 1. The molecule has 8 heteroatoms. The van der Waals surface area contributed by atoms with Gasteiger partial charge in [-0.25, -0.2) is 14.6 Å². The third-order valence-corrected chi connectivity index (χ3v) is 5.45. The average Bonchev–Trinajstić information content (AvgIpc) is 2.81. The molecule has 0 N–H and O–H groups in total. The Morgan fingerprint density at radius 3 is 2.37 bits per heavy atom. The van der Waals surface area contributed by atoms with Crippen LogP contribution in [0, 0.1) is 0 Å². The van der Waals surface area contributed by atoms with Crippen molar-refractivity contribution in [1.82, 2.24) is 24.6 Å². The molecule has 0 saturated carbocycles. The zero-order valence-electron chi connectivity index (χ0n) is 17.2. The number of rotatable bonds is 6. The largest absolute Gasteiger partial charge is 0.337 e. The molecule has 8 nitrogen and oxygen atoms in total. The molecule has 1 saturated heterocycles. The van der Waals surface area contributed by atoms with Crippen LogP contribution in [0.2, 0.25) is 0 Å². The van der Waals surface area contributed by atoms with Gasteiger partial charge in [-0.15, -0.1) is 0 Å². The van der Waals surface area contributed by atoms with Crippen LogP contribution in [-0.2, 0) is 6.54 Å². The number of anilines is 1. The standard InChI is InChI=1S/C22H26N6O2/c1-2-3-6-12-28-20(29)18-9-5-4-8-17(18)19(25-28)21(30)26-13-15-27(16-14-26)22-23-10-7-11-24-22/h4-5,7-11H,2-3,6,12-16H2,1H3. The molecule has 2 aromatic heterocycles. The number of unbranched alkanes of at least 4 members (excludes halogenated alkanes) is 2. The maximum atomic E-state index is 13.3. The molecule has 1 aromatic carbocycles. The van der Waals surface area contributed by atoms with Crippen molar-refractivity contribution < 1.29 is 4.79 Å². The van der Waals surface area contributed by atoms with Gasteiger partial charge in [0.05, 0.1) is 5.39 Å². The van der Waals surface area contributed by atoms with E-state index in [2.05, 4.69) is 26.9 Å². The van der Waals surface area contributed by atoms with E-state index in [1.54, 1.807) is 35.5 Å². The lowest BCUT2D eigenvalue weighted by Gasteiger charge is -2.34. The van der Waals surface area contributed by atoms with E-state index in [0.29, 0.717) is 55.1 Å². The number of hydrogen-bond donors (Lipinski definition) is 0. The number of carbonyl (C=O) groups is 1. The summed E-state index contributed by atoms with van der Waals surface area (Å²) in [4.78, 5) is 38.6. The van der Waals surface area contributed by atoms with Crippen LogP contribution in [0.15, 0.2) is 47.5 Å². The molecule has 4 rings (SSSR count). The van der Waals surface area contributed by atoms with Crippen LogP contribution in [0.4, 0.5) is 5.95 Å². The lowest BCUT2D eigenvalue weighted by Crippen LogP contribution is -2.49. The Morgan fingerprint density at radius 1 is 0.967 bits per heavy atom. The highest BCUT2D eigenvalue weighted by Crippen LogP contribution is 2.17. The third-order valence-electron chi connectivity index (χ3n) is 5.45. The van der Waals surface area contributed by atoms with Crippen LogP contribution < -0.4 is 10.5 Å². The van der Waals surface area contributed by atoms with E-state index in [-0.39, 0.29) is 11.5 Å². The van der Waals surface area contributed by atoms with Gasteiger partial charge in [0.1, 0.15) is 0 Å². The second-order valence-corrected chi connectivity index (χ2v) is 7.46. The lowest BCUT2D eigenvalue weighted by atomic mass is 10.1. The summed E-state index contributed by atoms with van der Waals surface area (Å²) in [5.74, 6) is 0.543. The summed E-state index contributed by atoms with van der Waals surface area (Å²) in [5, 5.41) is 5.66. The van der Waals surface area contributed by atoms with Crippen molar-refractivity contribution in [2.24, 2.45) is 0 Å². The highest BCUT2D eigenvalue weighted by Gasteiger charge is 2.26. The Labute approximate surface area is 175 Å². The van der Waals surface area contributed by atoms with Gasteiger partial charge in [0.2, 0.25) is 5.95 Å². The fourth-order valence-corrected chi connectivity index (χ4v) is 3.77. The number of carbonyl (C=O) groups excluding carboxylic acids is 1. The SMILES string of the molecule is CCCCCn1nc(C(=O)N2CCN(c3ncccn3)CC2)c2ccccc2c1=O. The maximum absolute atomic E-state index is 13.3.